The average molecular weight is 462 g/mol. The molecule has 1 aromatic carbocycles. The van der Waals surface area contributed by atoms with Crippen LogP contribution in [0.15, 0.2) is 42.6 Å². The third-order valence-electron chi connectivity index (χ3n) is 6.34. The van der Waals surface area contributed by atoms with Crippen LogP contribution in [0.4, 0.5) is 0 Å². The summed E-state index contributed by atoms with van der Waals surface area (Å²) >= 11 is 0. The van der Waals surface area contributed by atoms with E-state index in [9.17, 15) is 14.7 Å². The van der Waals surface area contributed by atoms with Crippen LogP contribution in [0.1, 0.15) is 53.0 Å². The Bertz CT molecular complexity index is 1100. The Morgan fingerprint density at radius 1 is 1.32 bits per heavy atom. The van der Waals surface area contributed by atoms with Gasteiger partial charge in [-0.25, -0.2) is 4.98 Å². The molecule has 1 saturated carbocycles. The molecule has 34 heavy (non-hydrogen) atoms. The Kier molecular flexibility index (Phi) is 7.18. The van der Waals surface area contributed by atoms with Crippen LogP contribution < -0.4 is 4.74 Å². The van der Waals surface area contributed by atoms with Crippen LogP contribution in [0, 0.1) is 23.7 Å². The van der Waals surface area contributed by atoms with Crippen molar-refractivity contribution in [3.63, 3.8) is 0 Å². The van der Waals surface area contributed by atoms with Gasteiger partial charge in [0.2, 0.25) is 5.88 Å². The normalized spacial score (nSPS) is 20.7. The van der Waals surface area contributed by atoms with Crippen molar-refractivity contribution in [3.05, 3.63) is 59.3 Å². The van der Waals surface area contributed by atoms with Crippen molar-refractivity contribution in [2.45, 2.75) is 38.8 Å². The first-order chi connectivity index (χ1) is 16.4. The van der Waals surface area contributed by atoms with Gasteiger partial charge in [0.25, 0.3) is 11.8 Å². The molecule has 7 nitrogen and oxygen atoms in total. The zero-order valence-electron chi connectivity index (χ0n) is 19.9. The van der Waals surface area contributed by atoms with Crippen molar-refractivity contribution in [2.75, 3.05) is 26.7 Å². The van der Waals surface area contributed by atoms with E-state index in [1.807, 2.05) is 32.0 Å². The van der Waals surface area contributed by atoms with Crippen LogP contribution in [-0.4, -0.2) is 70.6 Å². The molecule has 4 rings (SSSR count). The second-order valence-corrected chi connectivity index (χ2v) is 9.29. The van der Waals surface area contributed by atoms with Crippen LogP contribution in [0.2, 0.25) is 0 Å². The lowest BCUT2D eigenvalue weighted by Gasteiger charge is -2.37. The number of hydrogen-bond acceptors (Lipinski definition) is 5. The van der Waals surface area contributed by atoms with Gasteiger partial charge in [0.1, 0.15) is 11.7 Å². The maximum atomic E-state index is 13.4. The maximum Gasteiger partial charge on any atom is 0.259 e. The molecular weight excluding hydrogens is 430 g/mol. The molecule has 2 aromatic rings. The Morgan fingerprint density at radius 2 is 2.06 bits per heavy atom. The highest BCUT2D eigenvalue weighted by molar-refractivity contribution is 5.97. The molecule has 0 bridgehead atoms. The van der Waals surface area contributed by atoms with Crippen molar-refractivity contribution in [3.8, 4) is 17.7 Å². The quantitative estimate of drug-likeness (QED) is 0.693. The van der Waals surface area contributed by atoms with Gasteiger partial charge in [-0.1, -0.05) is 37.0 Å². The minimum atomic E-state index is -0.395. The number of amides is 2. The molecule has 0 spiro atoms. The smallest absolute Gasteiger partial charge is 0.259 e. The van der Waals surface area contributed by atoms with Gasteiger partial charge in [-0.2, -0.15) is 0 Å². The summed E-state index contributed by atoms with van der Waals surface area (Å²) in [6, 6.07) is 10.5. The van der Waals surface area contributed by atoms with Crippen molar-refractivity contribution in [1.82, 2.24) is 14.8 Å². The van der Waals surface area contributed by atoms with Gasteiger partial charge in [-0.15, -0.1) is 0 Å². The van der Waals surface area contributed by atoms with E-state index in [0.717, 1.165) is 12.8 Å². The average Bonchev–Trinajstić information content (AvgIpc) is 3.69. The molecule has 1 fully saturated rings. The van der Waals surface area contributed by atoms with E-state index in [4.69, 9.17) is 4.74 Å². The Labute approximate surface area is 200 Å². The fourth-order valence-corrected chi connectivity index (χ4v) is 3.96. The number of hydrogen-bond donors (Lipinski definition) is 1. The summed E-state index contributed by atoms with van der Waals surface area (Å²) in [6.45, 7) is 4.36. The Morgan fingerprint density at radius 3 is 2.74 bits per heavy atom. The first-order valence-electron chi connectivity index (χ1n) is 11.8. The zero-order chi connectivity index (χ0) is 24.2. The Balaban J connectivity index is 1.63. The third kappa shape index (κ3) is 5.40. The monoisotopic (exact) mass is 461 g/mol. The molecule has 0 saturated heterocycles. The summed E-state index contributed by atoms with van der Waals surface area (Å²) < 4.78 is 6.27. The molecule has 178 valence electrons. The number of carbonyl (C=O) groups is 2. The Hall–Kier alpha value is -3.37. The third-order valence-corrected chi connectivity index (χ3v) is 6.34. The van der Waals surface area contributed by atoms with Crippen LogP contribution in [0.3, 0.4) is 0 Å². The number of carbonyl (C=O) groups excluding carboxylic acids is 2. The highest BCUT2D eigenvalue weighted by Gasteiger charge is 2.34. The number of rotatable bonds is 5. The molecule has 2 heterocycles. The molecule has 1 aliphatic carbocycles. The van der Waals surface area contributed by atoms with E-state index in [0.29, 0.717) is 35.7 Å². The lowest BCUT2D eigenvalue weighted by Crippen LogP contribution is -2.50. The number of nitrogens with zero attached hydrogens (tertiary/aromatic N) is 3. The van der Waals surface area contributed by atoms with Gasteiger partial charge < -0.3 is 19.6 Å². The fraction of sp³-hybridized carbons (Fsp3) is 0.444. The number of pyridine rings is 1. The van der Waals surface area contributed by atoms with E-state index in [1.54, 1.807) is 41.2 Å². The zero-order valence-corrected chi connectivity index (χ0v) is 19.9. The summed E-state index contributed by atoms with van der Waals surface area (Å²) in [4.78, 5) is 34.1. The number of benzene rings is 1. The lowest BCUT2D eigenvalue weighted by molar-refractivity contribution is 0.0313. The predicted molar refractivity (Wildman–Crippen MR) is 128 cm³/mol. The van der Waals surface area contributed by atoms with Gasteiger partial charge in [0.15, 0.2) is 0 Å². The van der Waals surface area contributed by atoms with E-state index in [1.165, 1.54) is 0 Å². The van der Waals surface area contributed by atoms with Crippen LogP contribution in [0.5, 0.6) is 5.88 Å². The second kappa shape index (κ2) is 10.3. The minimum Gasteiger partial charge on any atom is -0.472 e. The summed E-state index contributed by atoms with van der Waals surface area (Å²) in [5, 5.41) is 9.80. The molecule has 1 aromatic heterocycles. The molecule has 1 N–H and O–H groups in total. The summed E-state index contributed by atoms with van der Waals surface area (Å²) in [6.07, 6.45) is 3.46. The molecule has 0 unspecified atom stereocenters. The number of aliphatic hydroxyl groups excluding tert-OH is 1. The van der Waals surface area contributed by atoms with Crippen molar-refractivity contribution in [1.29, 1.82) is 0 Å². The largest absolute Gasteiger partial charge is 0.472 e. The van der Waals surface area contributed by atoms with Gasteiger partial charge in [-0.05, 0) is 38.0 Å². The van der Waals surface area contributed by atoms with Crippen molar-refractivity contribution < 1.29 is 19.4 Å². The van der Waals surface area contributed by atoms with Gasteiger partial charge >= 0.3 is 0 Å². The van der Waals surface area contributed by atoms with Crippen LogP contribution in [-0.2, 0) is 0 Å². The summed E-state index contributed by atoms with van der Waals surface area (Å²) in [5.74, 6) is 6.53. The highest BCUT2D eigenvalue weighted by atomic mass is 16.5. The lowest BCUT2D eigenvalue weighted by atomic mass is 9.99. The van der Waals surface area contributed by atoms with E-state index in [2.05, 4.69) is 16.8 Å². The molecule has 1 aliphatic heterocycles. The van der Waals surface area contributed by atoms with E-state index < -0.39 is 6.10 Å². The predicted octanol–water partition coefficient (Wildman–Crippen LogP) is 2.84. The van der Waals surface area contributed by atoms with Gasteiger partial charge in [0, 0.05) is 42.8 Å². The summed E-state index contributed by atoms with van der Waals surface area (Å²) in [7, 11) is 1.74. The number of fused-ring (bicyclic) bond motifs is 1. The summed E-state index contributed by atoms with van der Waals surface area (Å²) in [5.41, 5.74) is 1.60. The molecule has 2 aliphatic rings. The molecule has 0 radical (unpaired) electrons. The minimum absolute atomic E-state index is 0.103. The number of likely N-dealkylation sites (N-methyl/N-ethyl adjacent to an activating group) is 1. The molecule has 2 amide bonds. The molecule has 7 heteroatoms. The number of aliphatic hydroxyl groups is 1. The van der Waals surface area contributed by atoms with Crippen molar-refractivity contribution in [2.24, 2.45) is 11.8 Å². The SMILES string of the molecule is C[C@H]1CN([C@@H](C)CO)C(=O)c2cc(C#CC3CC3)cnc2O[C@H]1CN(C)C(=O)c1ccccc1. The van der Waals surface area contributed by atoms with E-state index >= 15 is 0 Å². The highest BCUT2D eigenvalue weighted by Crippen LogP contribution is 2.29. The second-order valence-electron chi connectivity index (χ2n) is 9.29. The number of ether oxygens (including phenoxy) is 1. The molecular formula is C27H31N3O4. The van der Waals surface area contributed by atoms with Crippen LogP contribution >= 0.6 is 0 Å². The van der Waals surface area contributed by atoms with Gasteiger partial charge in [-0.3, -0.25) is 9.59 Å². The fourth-order valence-electron chi connectivity index (χ4n) is 3.96. The van der Waals surface area contributed by atoms with Crippen LogP contribution in [0.25, 0.3) is 0 Å². The first kappa shape index (κ1) is 23.8. The number of aromatic nitrogens is 1. The van der Waals surface area contributed by atoms with Crippen molar-refractivity contribution >= 4 is 11.8 Å². The first-order valence-corrected chi connectivity index (χ1v) is 11.8. The topological polar surface area (TPSA) is 83.0 Å². The van der Waals surface area contributed by atoms with Gasteiger partial charge in [0.05, 0.1) is 19.2 Å². The van der Waals surface area contributed by atoms with E-state index in [-0.39, 0.29) is 36.3 Å². The standard InChI is InChI=1S/C27H31N3O4/c1-18-15-30(19(2)17-31)27(33)23-13-21(12-11-20-9-10-20)14-28-25(23)34-24(18)16-29(3)26(32)22-7-5-4-6-8-22/h4-8,13-14,18-20,24,31H,9-10,15-17H2,1-3H3/t18-,19-,24-/m0/s1. The molecule has 3 atom stereocenters. The maximum absolute atomic E-state index is 13.4.